The van der Waals surface area contributed by atoms with Crippen molar-refractivity contribution >= 4 is 28.5 Å². The zero-order valence-corrected chi connectivity index (χ0v) is 15.0. The summed E-state index contributed by atoms with van der Waals surface area (Å²) in [7, 11) is 0. The predicted octanol–water partition coefficient (Wildman–Crippen LogP) is 1.42. The van der Waals surface area contributed by atoms with E-state index >= 15 is 0 Å². The fourth-order valence-electron chi connectivity index (χ4n) is 3.74. The fourth-order valence-corrected chi connectivity index (χ4v) is 3.89. The molecule has 2 bridgehead atoms. The summed E-state index contributed by atoms with van der Waals surface area (Å²) in [5.41, 5.74) is 1.31. The molecule has 2 aliphatic heterocycles. The number of piperazine rings is 1. The van der Waals surface area contributed by atoms with Crippen molar-refractivity contribution in [2.45, 2.75) is 38.4 Å². The highest BCUT2D eigenvalue weighted by Crippen LogP contribution is 2.27. The number of ether oxygens (including phenoxy) is 1. The van der Waals surface area contributed by atoms with E-state index in [1.54, 1.807) is 16.8 Å². The largest absolute Gasteiger partial charge is 0.380 e. The molecule has 0 unspecified atom stereocenters. The van der Waals surface area contributed by atoms with Gasteiger partial charge >= 0.3 is 0 Å². The lowest BCUT2D eigenvalue weighted by Gasteiger charge is -2.28. The van der Waals surface area contributed by atoms with Crippen LogP contribution in [0.5, 0.6) is 0 Å². The highest BCUT2D eigenvalue weighted by atomic mass is 35.5. The van der Waals surface area contributed by atoms with E-state index in [0.717, 1.165) is 25.9 Å². The standard InChI is InChI=1S/C17H22ClN5O2/c1-2-4-25-5-3-22-14-7-15(18)20-9-13(14)21-16(17(22)24)23-10-11-6-12(23)8-19-11/h7,9,11-12,19H,2-6,8,10H2,1H3/t11-,12-/m1/s1. The molecule has 134 valence electrons. The number of nitrogens with one attached hydrogen (secondary N) is 1. The Balaban J connectivity index is 1.75. The van der Waals surface area contributed by atoms with Crippen molar-refractivity contribution in [3.63, 3.8) is 0 Å². The van der Waals surface area contributed by atoms with Crippen molar-refractivity contribution in [1.82, 2.24) is 19.9 Å². The van der Waals surface area contributed by atoms with Gasteiger partial charge in [0.05, 0.1) is 18.3 Å². The number of hydrogen-bond donors (Lipinski definition) is 1. The van der Waals surface area contributed by atoms with Gasteiger partial charge in [-0.15, -0.1) is 0 Å². The van der Waals surface area contributed by atoms with Crippen LogP contribution in [0.4, 0.5) is 5.82 Å². The van der Waals surface area contributed by atoms with Gasteiger partial charge in [0.25, 0.3) is 5.56 Å². The van der Waals surface area contributed by atoms with Gasteiger partial charge in [-0.2, -0.15) is 0 Å². The van der Waals surface area contributed by atoms with Gasteiger partial charge in [-0.1, -0.05) is 18.5 Å². The molecule has 1 N–H and O–H groups in total. The van der Waals surface area contributed by atoms with Crippen LogP contribution >= 0.6 is 11.6 Å². The summed E-state index contributed by atoms with van der Waals surface area (Å²) in [5, 5.41) is 3.81. The zero-order valence-electron chi connectivity index (χ0n) is 14.2. The van der Waals surface area contributed by atoms with Crippen LogP contribution in [0, 0.1) is 0 Å². The SMILES string of the molecule is CCCOCCn1c(=O)c(N2C[C@H]3C[C@@H]2CN3)nc2cnc(Cl)cc21. The van der Waals surface area contributed by atoms with E-state index in [-0.39, 0.29) is 5.56 Å². The van der Waals surface area contributed by atoms with E-state index < -0.39 is 0 Å². The molecule has 2 aliphatic rings. The Morgan fingerprint density at radius 1 is 1.44 bits per heavy atom. The quantitative estimate of drug-likeness (QED) is 0.618. The Kier molecular flexibility index (Phi) is 4.62. The predicted molar refractivity (Wildman–Crippen MR) is 97.5 cm³/mol. The maximum absolute atomic E-state index is 13.1. The van der Waals surface area contributed by atoms with Crippen LogP contribution in [-0.4, -0.2) is 52.9 Å². The Morgan fingerprint density at radius 2 is 2.32 bits per heavy atom. The average Bonchev–Trinajstić information content (AvgIpc) is 3.23. The Hall–Kier alpha value is -1.70. The Labute approximate surface area is 151 Å². The van der Waals surface area contributed by atoms with Crippen LogP contribution in [-0.2, 0) is 11.3 Å². The summed E-state index contributed by atoms with van der Waals surface area (Å²) in [5.74, 6) is 0.515. The zero-order chi connectivity index (χ0) is 17.4. The van der Waals surface area contributed by atoms with Gasteiger partial charge in [-0.25, -0.2) is 9.97 Å². The number of hydrogen-bond acceptors (Lipinski definition) is 6. The number of nitrogens with zero attached hydrogens (tertiary/aromatic N) is 4. The minimum Gasteiger partial charge on any atom is -0.380 e. The third-order valence-electron chi connectivity index (χ3n) is 4.92. The average molecular weight is 364 g/mol. The summed E-state index contributed by atoms with van der Waals surface area (Å²) in [6.45, 7) is 5.45. The first kappa shape index (κ1) is 16.8. The molecular formula is C17H22ClN5O2. The second-order valence-corrected chi connectivity index (χ2v) is 7.03. The van der Waals surface area contributed by atoms with E-state index in [0.29, 0.717) is 53.8 Å². The first-order chi connectivity index (χ1) is 12.2. The van der Waals surface area contributed by atoms with Crippen LogP contribution in [0.25, 0.3) is 11.0 Å². The molecule has 2 fully saturated rings. The van der Waals surface area contributed by atoms with Crippen molar-refractivity contribution in [3.05, 3.63) is 27.8 Å². The van der Waals surface area contributed by atoms with Crippen LogP contribution < -0.4 is 15.8 Å². The van der Waals surface area contributed by atoms with E-state index in [1.807, 2.05) is 0 Å². The maximum Gasteiger partial charge on any atom is 0.294 e. The van der Waals surface area contributed by atoms with Gasteiger partial charge in [0.2, 0.25) is 0 Å². The molecule has 0 aromatic carbocycles. The third kappa shape index (κ3) is 3.12. The second-order valence-electron chi connectivity index (χ2n) is 6.65. The number of halogens is 1. The van der Waals surface area contributed by atoms with Crippen molar-refractivity contribution in [3.8, 4) is 0 Å². The molecule has 2 aromatic rings. The molecule has 0 spiro atoms. The molecule has 4 rings (SSSR count). The van der Waals surface area contributed by atoms with E-state index in [2.05, 4.69) is 27.1 Å². The number of pyridine rings is 1. The van der Waals surface area contributed by atoms with Crippen LogP contribution in [0.2, 0.25) is 5.15 Å². The van der Waals surface area contributed by atoms with Gasteiger partial charge in [-0.05, 0) is 12.8 Å². The number of fused-ring (bicyclic) bond motifs is 3. The molecular weight excluding hydrogens is 342 g/mol. The van der Waals surface area contributed by atoms with E-state index in [1.165, 1.54) is 0 Å². The number of anilines is 1. The molecule has 0 saturated carbocycles. The number of rotatable bonds is 6. The second kappa shape index (κ2) is 6.90. The summed E-state index contributed by atoms with van der Waals surface area (Å²) in [6, 6.07) is 2.49. The first-order valence-electron chi connectivity index (χ1n) is 8.81. The van der Waals surface area contributed by atoms with Crippen LogP contribution in [0.15, 0.2) is 17.1 Å². The molecule has 25 heavy (non-hydrogen) atoms. The molecule has 0 amide bonds. The van der Waals surface area contributed by atoms with E-state index in [9.17, 15) is 4.79 Å². The van der Waals surface area contributed by atoms with Gasteiger partial charge in [0.1, 0.15) is 10.7 Å². The van der Waals surface area contributed by atoms with Crippen LogP contribution in [0.3, 0.4) is 0 Å². The molecule has 0 aliphatic carbocycles. The van der Waals surface area contributed by atoms with Crippen molar-refractivity contribution in [2.75, 3.05) is 31.2 Å². The molecule has 8 heteroatoms. The molecule has 0 radical (unpaired) electrons. The molecule has 2 aromatic heterocycles. The lowest BCUT2D eigenvalue weighted by molar-refractivity contribution is 0.127. The minimum atomic E-state index is -0.0811. The summed E-state index contributed by atoms with van der Waals surface area (Å²) >= 11 is 6.04. The minimum absolute atomic E-state index is 0.0811. The molecule has 2 saturated heterocycles. The fraction of sp³-hybridized carbons (Fsp3) is 0.588. The van der Waals surface area contributed by atoms with Crippen molar-refractivity contribution < 1.29 is 4.74 Å². The molecule has 4 heterocycles. The maximum atomic E-state index is 13.1. The smallest absolute Gasteiger partial charge is 0.294 e. The summed E-state index contributed by atoms with van der Waals surface area (Å²) in [6.07, 6.45) is 3.66. The van der Waals surface area contributed by atoms with E-state index in [4.69, 9.17) is 16.3 Å². The van der Waals surface area contributed by atoms with Crippen molar-refractivity contribution in [1.29, 1.82) is 0 Å². The monoisotopic (exact) mass is 363 g/mol. The lowest BCUT2D eigenvalue weighted by Crippen LogP contribution is -2.46. The van der Waals surface area contributed by atoms with Gasteiger partial charge in [0, 0.05) is 44.4 Å². The van der Waals surface area contributed by atoms with Crippen molar-refractivity contribution in [2.24, 2.45) is 0 Å². The normalized spacial score (nSPS) is 22.2. The first-order valence-corrected chi connectivity index (χ1v) is 9.19. The summed E-state index contributed by atoms with van der Waals surface area (Å²) < 4.78 is 7.31. The van der Waals surface area contributed by atoms with Gasteiger partial charge in [0.15, 0.2) is 5.82 Å². The van der Waals surface area contributed by atoms with Gasteiger partial charge in [-0.3, -0.25) is 4.79 Å². The Morgan fingerprint density at radius 3 is 3.04 bits per heavy atom. The highest BCUT2D eigenvalue weighted by molar-refractivity contribution is 6.29. The topological polar surface area (TPSA) is 72.3 Å². The van der Waals surface area contributed by atoms with Gasteiger partial charge < -0.3 is 19.5 Å². The molecule has 7 nitrogen and oxygen atoms in total. The number of aromatic nitrogens is 3. The Bertz CT molecular complexity index is 840. The third-order valence-corrected chi connectivity index (χ3v) is 5.13. The lowest BCUT2D eigenvalue weighted by atomic mass is 10.2. The highest BCUT2D eigenvalue weighted by Gasteiger charge is 2.39. The molecule has 2 atom stereocenters. The van der Waals surface area contributed by atoms with Crippen LogP contribution in [0.1, 0.15) is 19.8 Å². The summed E-state index contributed by atoms with van der Waals surface area (Å²) in [4.78, 5) is 24.0.